The molecule has 28 heavy (non-hydrogen) atoms. The van der Waals surface area contributed by atoms with Crippen LogP contribution in [0.25, 0.3) is 0 Å². The Kier molecular flexibility index (Phi) is 7.49. The first kappa shape index (κ1) is 20.8. The molecule has 1 spiro atoms. The van der Waals surface area contributed by atoms with Crippen LogP contribution < -0.4 is 5.32 Å². The fourth-order valence-corrected chi connectivity index (χ4v) is 4.65. The predicted octanol–water partition coefficient (Wildman–Crippen LogP) is 2.99. The molecule has 0 aromatic heterocycles. The highest BCUT2D eigenvalue weighted by Gasteiger charge is 2.50. The Balaban J connectivity index is 1.37. The molecular weight excluding hydrogens is 350 g/mol. The van der Waals surface area contributed by atoms with Crippen LogP contribution in [-0.4, -0.2) is 59.9 Å². The summed E-state index contributed by atoms with van der Waals surface area (Å²) in [6, 6.07) is 10.7. The minimum atomic E-state index is -0.600. The summed E-state index contributed by atoms with van der Waals surface area (Å²) in [5.41, 5.74) is 0.832. The number of rotatable bonds is 9. The van der Waals surface area contributed by atoms with Crippen molar-refractivity contribution in [1.82, 2.24) is 15.1 Å². The van der Waals surface area contributed by atoms with Gasteiger partial charge in [-0.05, 0) is 50.6 Å². The van der Waals surface area contributed by atoms with E-state index in [1.807, 2.05) is 4.90 Å². The monoisotopic (exact) mass is 385 g/mol. The van der Waals surface area contributed by atoms with Crippen molar-refractivity contribution in [1.29, 1.82) is 0 Å². The van der Waals surface area contributed by atoms with Crippen molar-refractivity contribution in [2.45, 2.75) is 63.8 Å². The third-order valence-electron chi connectivity index (χ3n) is 6.30. The number of piperidine rings is 1. The van der Waals surface area contributed by atoms with Crippen molar-refractivity contribution in [3.63, 3.8) is 0 Å². The molecule has 2 amide bonds. The number of unbranched alkanes of at least 4 members (excludes halogenated alkanes) is 3. The Morgan fingerprint density at radius 1 is 0.964 bits per heavy atom. The lowest BCUT2D eigenvalue weighted by atomic mass is 9.82. The van der Waals surface area contributed by atoms with E-state index in [9.17, 15) is 9.59 Å². The van der Waals surface area contributed by atoms with E-state index < -0.39 is 5.54 Å². The van der Waals surface area contributed by atoms with Gasteiger partial charge < -0.3 is 15.1 Å². The quantitative estimate of drug-likeness (QED) is 0.665. The van der Waals surface area contributed by atoms with Crippen LogP contribution >= 0.6 is 0 Å². The summed E-state index contributed by atoms with van der Waals surface area (Å²) in [6.45, 7) is 5.84. The van der Waals surface area contributed by atoms with Gasteiger partial charge in [0.05, 0.1) is 6.54 Å². The van der Waals surface area contributed by atoms with E-state index in [0.717, 1.165) is 38.9 Å². The molecule has 0 radical (unpaired) electrons. The lowest BCUT2D eigenvalue weighted by molar-refractivity contribution is -0.157. The molecule has 5 heteroatoms. The molecule has 1 N–H and O–H groups in total. The van der Waals surface area contributed by atoms with E-state index in [4.69, 9.17) is 0 Å². The average Bonchev–Trinajstić information content (AvgIpc) is 2.73. The summed E-state index contributed by atoms with van der Waals surface area (Å²) in [6.07, 6.45) is 8.59. The van der Waals surface area contributed by atoms with Crippen LogP contribution in [0.3, 0.4) is 0 Å². The second-order valence-electron chi connectivity index (χ2n) is 8.25. The lowest BCUT2D eigenvalue weighted by Gasteiger charge is -2.49. The SMILES string of the molecule is CCCN1C(=O)CNC(=O)C12CCN(CCCCCCc1ccccc1)CC2. The Labute approximate surface area is 169 Å². The molecule has 0 aliphatic carbocycles. The first-order chi connectivity index (χ1) is 13.7. The zero-order valence-corrected chi connectivity index (χ0v) is 17.3. The van der Waals surface area contributed by atoms with Crippen molar-refractivity contribution >= 4 is 11.8 Å². The van der Waals surface area contributed by atoms with Gasteiger partial charge in [0.15, 0.2) is 0 Å². The van der Waals surface area contributed by atoms with Crippen LogP contribution in [0, 0.1) is 0 Å². The maximum atomic E-state index is 12.6. The molecule has 2 saturated heterocycles. The van der Waals surface area contributed by atoms with Crippen LogP contribution in [0.1, 0.15) is 57.4 Å². The average molecular weight is 386 g/mol. The van der Waals surface area contributed by atoms with E-state index >= 15 is 0 Å². The molecule has 5 nitrogen and oxygen atoms in total. The fourth-order valence-electron chi connectivity index (χ4n) is 4.65. The minimum Gasteiger partial charge on any atom is -0.345 e. The minimum absolute atomic E-state index is 0.0566. The Bertz CT molecular complexity index is 639. The predicted molar refractivity (Wildman–Crippen MR) is 112 cm³/mol. The van der Waals surface area contributed by atoms with Gasteiger partial charge >= 0.3 is 0 Å². The molecule has 2 fully saturated rings. The summed E-state index contributed by atoms with van der Waals surface area (Å²) < 4.78 is 0. The standard InChI is InChI=1S/C23H35N3O2/c1-2-15-26-21(27)19-24-22(28)23(26)13-17-25(18-14-23)16-9-4-3-6-10-20-11-7-5-8-12-20/h5,7-8,11-12H,2-4,6,9-10,13-19H2,1H3,(H,24,28). The fraction of sp³-hybridized carbons (Fsp3) is 0.652. The van der Waals surface area contributed by atoms with Gasteiger partial charge in [0.2, 0.25) is 11.8 Å². The van der Waals surface area contributed by atoms with E-state index in [1.54, 1.807) is 0 Å². The van der Waals surface area contributed by atoms with Crippen molar-refractivity contribution in [3.8, 4) is 0 Å². The Morgan fingerprint density at radius 3 is 2.39 bits per heavy atom. The smallest absolute Gasteiger partial charge is 0.246 e. The first-order valence-corrected chi connectivity index (χ1v) is 11.0. The molecule has 2 aliphatic rings. The normalized spacial score (nSPS) is 19.8. The van der Waals surface area contributed by atoms with Crippen molar-refractivity contribution < 1.29 is 9.59 Å². The molecule has 3 rings (SSSR count). The van der Waals surface area contributed by atoms with E-state index in [0.29, 0.717) is 6.54 Å². The summed E-state index contributed by atoms with van der Waals surface area (Å²) >= 11 is 0. The molecule has 0 saturated carbocycles. The number of hydrogen-bond acceptors (Lipinski definition) is 3. The summed E-state index contributed by atoms with van der Waals surface area (Å²) in [7, 11) is 0. The van der Waals surface area contributed by atoms with Gasteiger partial charge in [0.1, 0.15) is 5.54 Å². The van der Waals surface area contributed by atoms with Gasteiger partial charge in [0.25, 0.3) is 0 Å². The van der Waals surface area contributed by atoms with Crippen molar-refractivity contribution in [3.05, 3.63) is 35.9 Å². The van der Waals surface area contributed by atoms with Crippen molar-refractivity contribution in [2.24, 2.45) is 0 Å². The number of carbonyl (C=O) groups excluding carboxylic acids is 2. The van der Waals surface area contributed by atoms with Crippen LogP contribution in [0.2, 0.25) is 0 Å². The van der Waals surface area contributed by atoms with E-state index in [1.165, 1.54) is 37.7 Å². The molecule has 1 aromatic rings. The van der Waals surface area contributed by atoms with Gasteiger partial charge in [-0.25, -0.2) is 0 Å². The first-order valence-electron chi connectivity index (χ1n) is 11.0. The number of likely N-dealkylation sites (tertiary alicyclic amines) is 1. The van der Waals surface area contributed by atoms with Crippen molar-refractivity contribution in [2.75, 3.05) is 32.7 Å². The maximum Gasteiger partial charge on any atom is 0.246 e. The number of carbonyl (C=O) groups is 2. The topological polar surface area (TPSA) is 52.7 Å². The maximum absolute atomic E-state index is 12.6. The van der Waals surface area contributed by atoms with Crippen LogP contribution in [0.5, 0.6) is 0 Å². The van der Waals surface area contributed by atoms with Crippen LogP contribution in [-0.2, 0) is 16.0 Å². The number of nitrogens with one attached hydrogen (secondary N) is 1. The lowest BCUT2D eigenvalue weighted by Crippen LogP contribution is -2.70. The van der Waals surface area contributed by atoms with Gasteiger partial charge in [-0.1, -0.05) is 50.1 Å². The second-order valence-corrected chi connectivity index (χ2v) is 8.25. The Hall–Kier alpha value is -1.88. The highest BCUT2D eigenvalue weighted by atomic mass is 16.2. The molecule has 2 heterocycles. The number of aryl methyl sites for hydroxylation is 1. The summed E-state index contributed by atoms with van der Waals surface area (Å²) in [5, 5.41) is 2.83. The highest BCUT2D eigenvalue weighted by Crippen LogP contribution is 2.32. The molecule has 0 unspecified atom stereocenters. The largest absolute Gasteiger partial charge is 0.345 e. The molecular formula is C23H35N3O2. The zero-order valence-electron chi connectivity index (χ0n) is 17.3. The zero-order chi connectivity index (χ0) is 19.8. The molecule has 0 bridgehead atoms. The van der Waals surface area contributed by atoms with Gasteiger partial charge in [-0.2, -0.15) is 0 Å². The van der Waals surface area contributed by atoms with Gasteiger partial charge in [0, 0.05) is 19.6 Å². The third kappa shape index (κ3) is 4.93. The Morgan fingerprint density at radius 2 is 1.68 bits per heavy atom. The van der Waals surface area contributed by atoms with E-state index in [-0.39, 0.29) is 18.4 Å². The highest BCUT2D eigenvalue weighted by molar-refractivity contribution is 5.98. The second kappa shape index (κ2) is 10.1. The van der Waals surface area contributed by atoms with Gasteiger partial charge in [-0.3, -0.25) is 9.59 Å². The third-order valence-corrected chi connectivity index (χ3v) is 6.30. The number of amides is 2. The number of nitrogens with zero attached hydrogens (tertiary/aromatic N) is 2. The summed E-state index contributed by atoms with van der Waals surface area (Å²) in [5.74, 6) is 0.134. The number of benzene rings is 1. The molecule has 0 atom stereocenters. The molecule has 1 aromatic carbocycles. The summed E-state index contributed by atoms with van der Waals surface area (Å²) in [4.78, 5) is 29.3. The number of piperazine rings is 1. The van der Waals surface area contributed by atoms with Crippen LogP contribution in [0.4, 0.5) is 0 Å². The van der Waals surface area contributed by atoms with Gasteiger partial charge in [-0.15, -0.1) is 0 Å². The molecule has 154 valence electrons. The molecule has 2 aliphatic heterocycles. The van der Waals surface area contributed by atoms with E-state index in [2.05, 4.69) is 47.5 Å². The number of hydrogen-bond donors (Lipinski definition) is 1. The van der Waals surface area contributed by atoms with Crippen LogP contribution in [0.15, 0.2) is 30.3 Å².